The fraction of sp³-hybridized carbons (Fsp3) is 0.100. The number of rotatable bonds is 5. The van der Waals surface area contributed by atoms with Crippen LogP contribution >= 0.6 is 0 Å². The first kappa shape index (κ1) is 35.7. The average Bonchev–Trinajstić information content (AvgIpc) is 3.67. The van der Waals surface area contributed by atoms with E-state index in [1.807, 2.05) is 0 Å². The monoisotopic (exact) mass is 779 g/mol. The molecule has 10 aromatic carbocycles. The van der Waals surface area contributed by atoms with E-state index in [9.17, 15) is 0 Å². The Morgan fingerprint density at radius 1 is 0.279 bits per heavy atom. The second-order valence-electron chi connectivity index (χ2n) is 18.2. The molecule has 0 saturated heterocycles. The van der Waals surface area contributed by atoms with Crippen molar-refractivity contribution in [1.82, 2.24) is 0 Å². The maximum absolute atomic E-state index is 2.48. The van der Waals surface area contributed by atoms with Gasteiger partial charge in [0.1, 0.15) is 0 Å². The largest absolute Gasteiger partial charge is 0.310 e. The lowest BCUT2D eigenvalue weighted by molar-refractivity contribution is 0.660. The van der Waals surface area contributed by atoms with E-state index >= 15 is 0 Å². The van der Waals surface area contributed by atoms with Gasteiger partial charge < -0.3 is 4.90 Å². The Balaban J connectivity index is 0.984. The van der Waals surface area contributed by atoms with Gasteiger partial charge in [0.05, 0.1) is 0 Å². The van der Waals surface area contributed by atoms with Crippen molar-refractivity contribution < 1.29 is 0 Å². The summed E-state index contributed by atoms with van der Waals surface area (Å²) in [7, 11) is 0. The van der Waals surface area contributed by atoms with Crippen molar-refractivity contribution in [3.8, 4) is 44.5 Å². The first-order valence-corrected chi connectivity index (χ1v) is 21.6. The van der Waals surface area contributed by atoms with Crippen molar-refractivity contribution in [2.45, 2.75) is 38.5 Å². The number of hydrogen-bond acceptors (Lipinski definition) is 1. The lowest BCUT2D eigenvalue weighted by Crippen LogP contribution is -2.18. The van der Waals surface area contributed by atoms with Crippen molar-refractivity contribution in [1.29, 1.82) is 0 Å². The molecule has 0 spiro atoms. The van der Waals surface area contributed by atoms with E-state index in [1.165, 1.54) is 99.1 Å². The molecule has 2 aliphatic rings. The number of anilines is 3. The van der Waals surface area contributed by atoms with Crippen LogP contribution < -0.4 is 4.90 Å². The Morgan fingerprint density at radius 2 is 0.738 bits per heavy atom. The molecule has 290 valence electrons. The molecule has 0 aliphatic heterocycles. The molecule has 1 nitrogen and oxygen atoms in total. The number of fused-ring (bicyclic) bond motifs is 10. The van der Waals surface area contributed by atoms with E-state index in [0.29, 0.717) is 0 Å². The van der Waals surface area contributed by atoms with Crippen molar-refractivity contribution in [2.24, 2.45) is 0 Å². The SMILES string of the molecule is CC1(C)c2cc(-c3ccccc3)ccc2-c2ccc(N(c3ccc4c(c3)C(C)(C)c3cc(-c5cc6ccccc6c6ccccc56)ccc3-4)c3ccc4ccccc4c3)cc21. The molecule has 0 aromatic heterocycles. The maximum Gasteiger partial charge on any atom is 0.0468 e. The van der Waals surface area contributed by atoms with Crippen molar-refractivity contribution in [2.75, 3.05) is 4.90 Å². The van der Waals surface area contributed by atoms with Crippen LogP contribution in [0.3, 0.4) is 0 Å². The van der Waals surface area contributed by atoms with Crippen LogP contribution in [0.5, 0.6) is 0 Å². The van der Waals surface area contributed by atoms with Crippen LogP contribution in [0.25, 0.3) is 76.8 Å². The van der Waals surface area contributed by atoms with Crippen molar-refractivity contribution in [3.05, 3.63) is 222 Å². The highest BCUT2D eigenvalue weighted by Crippen LogP contribution is 2.54. The van der Waals surface area contributed by atoms with Crippen LogP contribution in [0, 0.1) is 0 Å². The number of nitrogens with zero attached hydrogens (tertiary/aromatic N) is 1. The zero-order valence-electron chi connectivity index (χ0n) is 35.0. The molecule has 0 heterocycles. The minimum absolute atomic E-state index is 0.170. The summed E-state index contributed by atoms with van der Waals surface area (Å²) in [4.78, 5) is 2.48. The summed E-state index contributed by atoms with van der Waals surface area (Å²) < 4.78 is 0. The lowest BCUT2D eigenvalue weighted by Gasteiger charge is -2.30. The molecule has 2 aliphatic carbocycles. The summed E-state index contributed by atoms with van der Waals surface area (Å²) in [6.07, 6.45) is 0. The van der Waals surface area contributed by atoms with E-state index < -0.39 is 0 Å². The molecule has 0 amide bonds. The number of benzene rings is 10. The van der Waals surface area contributed by atoms with Gasteiger partial charge in [-0.05, 0) is 154 Å². The van der Waals surface area contributed by atoms with E-state index in [2.05, 4.69) is 233 Å². The summed E-state index contributed by atoms with van der Waals surface area (Å²) in [6.45, 7) is 9.59. The predicted octanol–water partition coefficient (Wildman–Crippen LogP) is 16.6. The summed E-state index contributed by atoms with van der Waals surface area (Å²) in [5.74, 6) is 0. The van der Waals surface area contributed by atoms with E-state index in [4.69, 9.17) is 0 Å². The first-order valence-electron chi connectivity index (χ1n) is 21.6. The molecule has 0 bridgehead atoms. The Kier molecular flexibility index (Phi) is 7.69. The third kappa shape index (κ3) is 5.40. The van der Waals surface area contributed by atoms with E-state index in [0.717, 1.165) is 17.1 Å². The second-order valence-corrected chi connectivity index (χ2v) is 18.2. The highest BCUT2D eigenvalue weighted by Gasteiger charge is 2.38. The summed E-state index contributed by atoms with van der Waals surface area (Å²) in [5.41, 5.74) is 18.9. The van der Waals surface area contributed by atoms with Crippen molar-refractivity contribution >= 4 is 49.4 Å². The predicted molar refractivity (Wildman–Crippen MR) is 260 cm³/mol. The quantitative estimate of drug-likeness (QED) is 0.157. The van der Waals surface area contributed by atoms with Gasteiger partial charge in [-0.15, -0.1) is 0 Å². The molecular formula is C60H45N. The first-order chi connectivity index (χ1) is 29.7. The normalized spacial score (nSPS) is 14.2. The van der Waals surface area contributed by atoms with Crippen molar-refractivity contribution in [3.63, 3.8) is 0 Å². The lowest BCUT2D eigenvalue weighted by atomic mass is 9.81. The van der Waals surface area contributed by atoms with Gasteiger partial charge >= 0.3 is 0 Å². The molecule has 0 N–H and O–H groups in total. The molecule has 61 heavy (non-hydrogen) atoms. The molecule has 1 heteroatoms. The van der Waals surface area contributed by atoms with Gasteiger partial charge in [0.25, 0.3) is 0 Å². The topological polar surface area (TPSA) is 3.24 Å². The molecule has 0 saturated carbocycles. The van der Waals surface area contributed by atoms with Crippen LogP contribution in [-0.2, 0) is 10.8 Å². The van der Waals surface area contributed by atoms with Crippen LogP contribution in [0.1, 0.15) is 49.9 Å². The second kappa shape index (κ2) is 13.1. The third-order valence-corrected chi connectivity index (χ3v) is 14.0. The summed E-state index contributed by atoms with van der Waals surface area (Å²) in [5, 5.41) is 7.63. The van der Waals surface area contributed by atoms with Crippen LogP contribution in [0.15, 0.2) is 200 Å². The molecule has 0 unspecified atom stereocenters. The van der Waals surface area contributed by atoms with Gasteiger partial charge in [-0.3, -0.25) is 0 Å². The standard InChI is InChI=1S/C60H45N/c1-59(2)55-34-41(38-14-6-5-7-15-38)23-28-50(55)52-30-26-45(36-57(52)59)61(44-25-22-39-16-8-9-17-40(39)32-44)46-27-31-53-51-29-24-43(35-56(51)60(3,4)58(53)37-46)54-33-42-18-10-11-19-47(42)48-20-12-13-21-49(48)54/h5-37H,1-4H3. The Labute approximate surface area is 358 Å². The molecule has 0 atom stereocenters. The minimum Gasteiger partial charge on any atom is -0.310 e. The molecule has 12 rings (SSSR count). The molecule has 0 radical (unpaired) electrons. The number of hydrogen-bond donors (Lipinski definition) is 0. The Hall–Kier alpha value is -7.22. The molecule has 0 fully saturated rings. The van der Waals surface area contributed by atoms with Gasteiger partial charge in [0.15, 0.2) is 0 Å². The van der Waals surface area contributed by atoms with Gasteiger partial charge in [-0.1, -0.05) is 173 Å². The highest BCUT2D eigenvalue weighted by atomic mass is 15.1. The summed E-state index contributed by atoms with van der Waals surface area (Å²) in [6, 6.07) is 74.9. The maximum atomic E-state index is 2.48. The average molecular weight is 780 g/mol. The van der Waals surface area contributed by atoms with Gasteiger partial charge in [-0.2, -0.15) is 0 Å². The fourth-order valence-corrected chi connectivity index (χ4v) is 10.8. The van der Waals surface area contributed by atoms with Crippen LogP contribution in [0.4, 0.5) is 17.1 Å². The zero-order valence-corrected chi connectivity index (χ0v) is 35.0. The smallest absolute Gasteiger partial charge is 0.0468 e. The van der Waals surface area contributed by atoms with Gasteiger partial charge in [0, 0.05) is 27.9 Å². The molecule has 10 aromatic rings. The summed E-state index contributed by atoms with van der Waals surface area (Å²) >= 11 is 0. The fourth-order valence-electron chi connectivity index (χ4n) is 10.8. The minimum atomic E-state index is -0.212. The van der Waals surface area contributed by atoms with Crippen LogP contribution in [-0.4, -0.2) is 0 Å². The van der Waals surface area contributed by atoms with Gasteiger partial charge in [0.2, 0.25) is 0 Å². The highest BCUT2D eigenvalue weighted by molar-refractivity contribution is 6.14. The van der Waals surface area contributed by atoms with E-state index in [1.54, 1.807) is 0 Å². The third-order valence-electron chi connectivity index (χ3n) is 14.0. The zero-order chi connectivity index (χ0) is 41.0. The Morgan fingerprint density at radius 3 is 1.39 bits per heavy atom. The Bertz CT molecular complexity index is 3420. The van der Waals surface area contributed by atoms with E-state index in [-0.39, 0.29) is 10.8 Å². The molecular weight excluding hydrogens is 735 g/mol. The van der Waals surface area contributed by atoms with Gasteiger partial charge in [-0.25, -0.2) is 0 Å². The van der Waals surface area contributed by atoms with Crippen LogP contribution in [0.2, 0.25) is 0 Å².